The van der Waals surface area contributed by atoms with Crippen LogP contribution in [0.2, 0.25) is 5.02 Å². The summed E-state index contributed by atoms with van der Waals surface area (Å²) in [5, 5.41) is 14.6. The monoisotopic (exact) mass is 841 g/mol. The first kappa shape index (κ1) is 41.1. The lowest BCUT2D eigenvalue weighted by Crippen LogP contribution is -2.47. The van der Waals surface area contributed by atoms with Gasteiger partial charge in [-0.25, -0.2) is 14.4 Å². The summed E-state index contributed by atoms with van der Waals surface area (Å²) in [7, 11) is 3.38. The Labute approximate surface area is 350 Å². The maximum Gasteiger partial charge on any atom is 0.294 e. The number of aromatic nitrogens is 6. The number of rotatable bonds is 11. The minimum atomic E-state index is -1.07. The van der Waals surface area contributed by atoms with Gasteiger partial charge in [-0.3, -0.25) is 33.7 Å². The van der Waals surface area contributed by atoms with Gasteiger partial charge in [-0.1, -0.05) is 23.7 Å². The molecule has 7 heterocycles. The van der Waals surface area contributed by atoms with Crippen molar-refractivity contribution in [1.82, 2.24) is 44.8 Å². The minimum Gasteiger partial charge on any atom is -0.478 e. The number of pyridine rings is 2. The van der Waals surface area contributed by atoms with Crippen molar-refractivity contribution in [3.63, 3.8) is 0 Å². The van der Waals surface area contributed by atoms with Crippen LogP contribution < -0.4 is 31.1 Å². The van der Waals surface area contributed by atoms with E-state index in [4.69, 9.17) is 21.4 Å². The van der Waals surface area contributed by atoms with Gasteiger partial charge < -0.3 is 25.2 Å². The zero-order valence-corrected chi connectivity index (χ0v) is 34.8. The van der Waals surface area contributed by atoms with Gasteiger partial charge in [0.15, 0.2) is 18.2 Å². The predicted molar refractivity (Wildman–Crippen MR) is 226 cm³/mol. The van der Waals surface area contributed by atoms with Gasteiger partial charge in [-0.05, 0) is 82.3 Å². The number of aryl methyl sites for hydroxylation is 1. The van der Waals surface area contributed by atoms with E-state index in [2.05, 4.69) is 54.0 Å². The number of ether oxygens (including phenoxy) is 1. The van der Waals surface area contributed by atoms with Crippen molar-refractivity contribution in [1.29, 1.82) is 0 Å². The first-order valence-electron chi connectivity index (χ1n) is 20.5. The van der Waals surface area contributed by atoms with E-state index in [1.807, 2.05) is 30.5 Å². The van der Waals surface area contributed by atoms with Crippen LogP contribution in [0.5, 0.6) is 5.75 Å². The fraction of sp³-hybridized carbons (Fsp3) is 0.476. The van der Waals surface area contributed by atoms with Gasteiger partial charge in [0, 0.05) is 56.3 Å². The van der Waals surface area contributed by atoms with Crippen LogP contribution in [0.1, 0.15) is 75.1 Å². The minimum absolute atomic E-state index is 0.0262. The van der Waals surface area contributed by atoms with Crippen molar-refractivity contribution in [2.45, 2.75) is 70.0 Å². The van der Waals surface area contributed by atoms with Crippen molar-refractivity contribution in [2.75, 3.05) is 56.6 Å². The summed E-state index contributed by atoms with van der Waals surface area (Å²) in [5.41, 5.74) is 3.53. The number of halogens is 2. The molecule has 316 valence electrons. The molecule has 5 aromatic rings. The van der Waals surface area contributed by atoms with E-state index in [0.29, 0.717) is 72.5 Å². The van der Waals surface area contributed by atoms with E-state index in [0.717, 1.165) is 36.8 Å². The molecule has 16 nitrogen and oxygen atoms in total. The molecule has 0 aliphatic carbocycles. The molecule has 0 radical (unpaired) electrons. The van der Waals surface area contributed by atoms with Crippen molar-refractivity contribution >= 4 is 68.7 Å². The molecule has 3 N–H and O–H groups in total. The summed E-state index contributed by atoms with van der Waals surface area (Å²) in [4.78, 5) is 67.2. The Kier molecular flexibility index (Phi) is 11.7. The van der Waals surface area contributed by atoms with Crippen LogP contribution in [0.25, 0.3) is 21.9 Å². The zero-order valence-electron chi connectivity index (χ0n) is 34.1. The number of imide groups is 1. The molecule has 8 rings (SSSR count). The Morgan fingerprint density at radius 3 is 2.58 bits per heavy atom. The molecule has 3 aliphatic heterocycles. The highest BCUT2D eigenvalue weighted by Gasteiger charge is 2.34. The highest BCUT2D eigenvalue weighted by Crippen LogP contribution is 2.36. The Morgan fingerprint density at radius 2 is 1.85 bits per heavy atom. The van der Waals surface area contributed by atoms with Crippen molar-refractivity contribution in [2.24, 2.45) is 13.0 Å². The van der Waals surface area contributed by atoms with Gasteiger partial charge in [-0.15, -0.1) is 0 Å². The summed E-state index contributed by atoms with van der Waals surface area (Å²) in [6, 6.07) is 9.50. The Hall–Kier alpha value is -5.68. The molecule has 3 fully saturated rings. The molecule has 0 unspecified atom stereocenters. The zero-order chi connectivity index (χ0) is 42.2. The third-order valence-corrected chi connectivity index (χ3v) is 12.2. The molecular formula is C42H49ClFN11O5. The number of fused-ring (bicyclic) bond motifs is 2. The number of piperidine rings is 3. The van der Waals surface area contributed by atoms with Crippen LogP contribution in [-0.2, 0) is 21.4 Å². The predicted octanol–water partition coefficient (Wildman–Crippen LogP) is 4.74. The van der Waals surface area contributed by atoms with Crippen LogP contribution in [0.4, 0.5) is 21.8 Å². The smallest absolute Gasteiger partial charge is 0.294 e. The molecule has 60 heavy (non-hydrogen) atoms. The Morgan fingerprint density at radius 1 is 1.05 bits per heavy atom. The summed E-state index contributed by atoms with van der Waals surface area (Å²) in [6.07, 6.45) is 5.35. The van der Waals surface area contributed by atoms with Gasteiger partial charge in [-0.2, -0.15) is 10.1 Å². The number of nitrogens with zero attached hydrogens (tertiary/aromatic N) is 8. The van der Waals surface area contributed by atoms with Gasteiger partial charge in [0.2, 0.25) is 17.8 Å². The number of alkyl halides is 1. The van der Waals surface area contributed by atoms with Crippen molar-refractivity contribution < 1.29 is 23.5 Å². The lowest BCUT2D eigenvalue weighted by molar-refractivity contribution is -0.134. The first-order chi connectivity index (χ1) is 28.9. The Balaban J connectivity index is 0.879. The molecule has 0 bridgehead atoms. The normalized spacial score (nSPS) is 20.5. The fourth-order valence-corrected chi connectivity index (χ4v) is 8.83. The number of benzene rings is 1. The van der Waals surface area contributed by atoms with Gasteiger partial charge in [0.25, 0.3) is 11.5 Å². The average Bonchev–Trinajstić information content (AvgIpc) is 3.56. The highest BCUT2D eigenvalue weighted by atomic mass is 35.5. The molecule has 3 aliphatic rings. The molecule has 18 heteroatoms. The molecular weight excluding hydrogens is 793 g/mol. The van der Waals surface area contributed by atoms with Crippen LogP contribution in [0, 0.1) is 5.92 Å². The number of amides is 3. The second-order valence-corrected chi connectivity index (χ2v) is 16.6. The van der Waals surface area contributed by atoms with Gasteiger partial charge >= 0.3 is 0 Å². The van der Waals surface area contributed by atoms with E-state index in [1.165, 1.54) is 23.4 Å². The molecule has 0 saturated carbocycles. The number of hydrogen-bond donors (Lipinski definition) is 3. The van der Waals surface area contributed by atoms with Crippen molar-refractivity contribution in [3.8, 4) is 5.75 Å². The van der Waals surface area contributed by atoms with Crippen molar-refractivity contribution in [3.05, 3.63) is 69.4 Å². The fourth-order valence-electron chi connectivity index (χ4n) is 8.69. The summed E-state index contributed by atoms with van der Waals surface area (Å²) in [5.74, 6) is -0.352. The van der Waals surface area contributed by atoms with Gasteiger partial charge in [0.05, 0.1) is 41.8 Å². The molecule has 3 atom stereocenters. The van der Waals surface area contributed by atoms with Crippen LogP contribution >= 0.6 is 11.6 Å². The number of carbonyl (C=O) groups is 3. The molecule has 3 amide bonds. The second kappa shape index (κ2) is 17.1. The maximum atomic E-state index is 15.9. The maximum absolute atomic E-state index is 15.9. The quantitative estimate of drug-likeness (QED) is 0.156. The molecule has 1 aromatic carbocycles. The van der Waals surface area contributed by atoms with E-state index in [-0.39, 0.29) is 53.6 Å². The molecule has 4 aromatic heterocycles. The summed E-state index contributed by atoms with van der Waals surface area (Å²) in [6.45, 7) is 6.62. The standard InChI is InChI=1S/C42H49ClFN11O5/c1-23(2)55-39-27(17-34(41(55)59)60-22-36(57)45-3)15-28(18-46-39)48-38-31(43)19-47-42(50-38)54-14-11-26(32(44)21-54)20-53-12-9-24(10-13-53)25-5-6-29-33(16-25)52(4)51-37(29)30-7-8-35(56)49-40(30)58/h5-6,15-19,23-24,26,30,32H,7-14,20-22H2,1-4H3,(H,45,57)(H,47,48,50)(H,49,56,58)/t26-,30-,32-/m1/s1. The lowest BCUT2D eigenvalue weighted by Gasteiger charge is -2.39. The topological polar surface area (TPSA) is 181 Å². The summed E-state index contributed by atoms with van der Waals surface area (Å²) < 4.78 is 24.8. The van der Waals surface area contributed by atoms with E-state index in [9.17, 15) is 19.2 Å². The largest absolute Gasteiger partial charge is 0.478 e. The highest BCUT2D eigenvalue weighted by molar-refractivity contribution is 6.33. The van der Waals surface area contributed by atoms with Crippen LogP contribution in [0.15, 0.2) is 47.5 Å². The SMILES string of the molecule is CNC(=O)COc1cc2cc(Nc3nc(N4CC[C@H](CN5CCC(c6ccc7c([C@H]8CCC(=O)NC8=O)nn(C)c7c6)CC5)[C@H](F)C4)ncc3Cl)cnc2n(C(C)C)c1=O. The van der Waals surface area contributed by atoms with E-state index >= 15 is 4.39 Å². The van der Waals surface area contributed by atoms with Crippen LogP contribution in [-0.4, -0.2) is 104 Å². The molecule has 0 spiro atoms. The third-order valence-electron chi connectivity index (χ3n) is 12.0. The van der Waals surface area contributed by atoms with E-state index < -0.39 is 17.6 Å². The number of hydrogen-bond acceptors (Lipinski definition) is 12. The van der Waals surface area contributed by atoms with Gasteiger partial charge in [0.1, 0.15) is 16.8 Å². The lowest BCUT2D eigenvalue weighted by atomic mass is 9.87. The molecule has 3 saturated heterocycles. The average molecular weight is 842 g/mol. The first-order valence-corrected chi connectivity index (χ1v) is 20.8. The third kappa shape index (κ3) is 8.37. The summed E-state index contributed by atoms with van der Waals surface area (Å²) >= 11 is 6.55. The number of likely N-dealkylation sites (N-methyl/N-ethyl adjacent to an activating group) is 1. The number of anilines is 3. The number of carbonyl (C=O) groups excluding carboxylic acids is 3. The van der Waals surface area contributed by atoms with E-state index in [1.54, 1.807) is 18.3 Å². The Bertz CT molecular complexity index is 2520. The number of nitrogens with one attached hydrogen (secondary N) is 3. The van der Waals surface area contributed by atoms with Crippen LogP contribution in [0.3, 0.4) is 0 Å². The number of likely N-dealkylation sites (tertiary alicyclic amines) is 1. The second-order valence-electron chi connectivity index (χ2n) is 16.2.